The van der Waals surface area contributed by atoms with Gasteiger partial charge in [-0.05, 0) is 24.4 Å². The molecule has 0 fully saturated rings. The maximum absolute atomic E-state index is 12.8. The smallest absolute Gasteiger partial charge is 0.330 e. The molecule has 4 N–H and O–H groups in total. The maximum Gasteiger partial charge on any atom is 0.417 e. The number of benzene rings is 1. The minimum Gasteiger partial charge on any atom is -0.330 e. The van der Waals surface area contributed by atoms with Crippen molar-refractivity contribution in [1.82, 2.24) is 9.97 Å². The Balaban J connectivity index is 2.92. The highest BCUT2D eigenvalue weighted by Crippen LogP contribution is 2.36. The number of H-pyrrole nitrogens is 1. The average molecular weight is 260 g/mol. The van der Waals surface area contributed by atoms with Crippen LogP contribution >= 0.6 is 12.2 Å². The van der Waals surface area contributed by atoms with Gasteiger partial charge in [0.25, 0.3) is 0 Å². The van der Waals surface area contributed by atoms with Gasteiger partial charge >= 0.3 is 6.18 Å². The van der Waals surface area contributed by atoms with E-state index in [1.165, 1.54) is 12.1 Å². The van der Waals surface area contributed by atoms with E-state index in [-0.39, 0.29) is 21.5 Å². The first-order chi connectivity index (χ1) is 7.93. The Labute approximate surface area is 98.6 Å². The summed E-state index contributed by atoms with van der Waals surface area (Å²) in [5, 5.41) is -0.129. The number of aromatic amines is 1. The molecule has 1 heterocycles. The zero-order valence-corrected chi connectivity index (χ0v) is 9.12. The summed E-state index contributed by atoms with van der Waals surface area (Å²) in [6.07, 6.45) is -4.48. The molecule has 17 heavy (non-hydrogen) atoms. The molecule has 0 saturated heterocycles. The number of fused-ring (bicyclic) bond motifs is 1. The SMILES string of the molecule is NNc1nc(=S)[nH]c2cccc(C(F)(F)F)c12. The van der Waals surface area contributed by atoms with Crippen molar-refractivity contribution in [3.63, 3.8) is 0 Å². The second-order valence-electron chi connectivity index (χ2n) is 3.26. The van der Waals surface area contributed by atoms with Gasteiger partial charge in [-0.2, -0.15) is 13.2 Å². The summed E-state index contributed by atoms with van der Waals surface area (Å²) in [6.45, 7) is 0. The molecule has 2 rings (SSSR count). The van der Waals surface area contributed by atoms with Crippen molar-refractivity contribution in [2.45, 2.75) is 6.18 Å². The number of alkyl halides is 3. The van der Waals surface area contributed by atoms with Crippen molar-refractivity contribution < 1.29 is 13.2 Å². The molecule has 1 aromatic heterocycles. The lowest BCUT2D eigenvalue weighted by Gasteiger charge is -2.12. The highest BCUT2D eigenvalue weighted by molar-refractivity contribution is 7.71. The van der Waals surface area contributed by atoms with Crippen LogP contribution in [0.3, 0.4) is 0 Å². The second-order valence-corrected chi connectivity index (χ2v) is 3.65. The van der Waals surface area contributed by atoms with E-state index in [0.29, 0.717) is 0 Å². The third-order valence-corrected chi connectivity index (χ3v) is 2.39. The second kappa shape index (κ2) is 3.97. The minimum absolute atomic E-state index is 0.0600. The number of nitrogen functional groups attached to an aromatic ring is 1. The molecule has 0 spiro atoms. The van der Waals surface area contributed by atoms with Crippen molar-refractivity contribution in [3.05, 3.63) is 28.5 Å². The minimum atomic E-state index is -4.48. The average Bonchev–Trinajstić information content (AvgIpc) is 2.25. The van der Waals surface area contributed by atoms with Gasteiger partial charge in [0.15, 0.2) is 10.6 Å². The summed E-state index contributed by atoms with van der Waals surface area (Å²) in [6, 6.07) is 3.72. The standard InChI is InChI=1S/C9H7F3N4S/c10-9(11,12)4-2-1-3-5-6(4)7(16-13)15-8(17)14-5/h1-3H,13H2,(H2,14,15,16,17). The largest absolute Gasteiger partial charge is 0.417 e. The Bertz CT molecular complexity index is 620. The summed E-state index contributed by atoms with van der Waals surface area (Å²) in [5.41, 5.74) is 1.54. The molecule has 0 radical (unpaired) electrons. The van der Waals surface area contributed by atoms with E-state index >= 15 is 0 Å². The monoisotopic (exact) mass is 260 g/mol. The number of hydrogen-bond donors (Lipinski definition) is 3. The van der Waals surface area contributed by atoms with Gasteiger partial charge in [-0.15, -0.1) is 0 Å². The van der Waals surface area contributed by atoms with Crippen LogP contribution in [0.25, 0.3) is 10.9 Å². The van der Waals surface area contributed by atoms with Gasteiger partial charge < -0.3 is 10.4 Å². The number of rotatable bonds is 1. The molecule has 2 aromatic rings. The van der Waals surface area contributed by atoms with E-state index in [2.05, 4.69) is 15.4 Å². The Morgan fingerprint density at radius 1 is 1.35 bits per heavy atom. The Kier molecular flexibility index (Phi) is 2.76. The summed E-state index contributed by atoms with van der Waals surface area (Å²) < 4.78 is 38.5. The first-order valence-electron chi connectivity index (χ1n) is 4.50. The number of hydrogen-bond acceptors (Lipinski definition) is 4. The zero-order chi connectivity index (χ0) is 12.6. The van der Waals surface area contributed by atoms with Gasteiger partial charge in [-0.1, -0.05) is 6.07 Å². The Morgan fingerprint density at radius 2 is 2.06 bits per heavy atom. The van der Waals surface area contributed by atoms with Gasteiger partial charge in [0.1, 0.15) is 0 Å². The molecule has 0 aliphatic rings. The van der Waals surface area contributed by atoms with Crippen LogP contribution in [0.1, 0.15) is 5.56 Å². The van der Waals surface area contributed by atoms with Gasteiger partial charge in [0.05, 0.1) is 16.5 Å². The summed E-state index contributed by atoms with van der Waals surface area (Å²) in [7, 11) is 0. The van der Waals surface area contributed by atoms with Gasteiger partial charge in [-0.3, -0.25) is 0 Å². The first-order valence-corrected chi connectivity index (χ1v) is 4.91. The van der Waals surface area contributed by atoms with Crippen LogP contribution in [0.4, 0.5) is 19.0 Å². The third kappa shape index (κ3) is 2.08. The van der Waals surface area contributed by atoms with Crippen LogP contribution < -0.4 is 11.3 Å². The number of anilines is 1. The fraction of sp³-hybridized carbons (Fsp3) is 0.111. The van der Waals surface area contributed by atoms with E-state index in [0.717, 1.165) is 6.07 Å². The van der Waals surface area contributed by atoms with Crippen LogP contribution in [0, 0.1) is 4.77 Å². The van der Waals surface area contributed by atoms with E-state index in [9.17, 15) is 13.2 Å². The van der Waals surface area contributed by atoms with E-state index in [1.807, 2.05) is 0 Å². The zero-order valence-electron chi connectivity index (χ0n) is 8.30. The molecule has 0 aliphatic carbocycles. The fourth-order valence-electron chi connectivity index (χ4n) is 1.55. The van der Waals surface area contributed by atoms with Crippen LogP contribution in [0.2, 0.25) is 0 Å². The van der Waals surface area contributed by atoms with Crippen molar-refractivity contribution >= 4 is 28.9 Å². The lowest BCUT2D eigenvalue weighted by atomic mass is 10.1. The fourth-order valence-corrected chi connectivity index (χ4v) is 1.75. The van der Waals surface area contributed by atoms with Crippen LogP contribution in [-0.2, 0) is 6.18 Å². The van der Waals surface area contributed by atoms with Crippen molar-refractivity contribution in [3.8, 4) is 0 Å². The van der Waals surface area contributed by atoms with E-state index < -0.39 is 11.7 Å². The molecule has 0 atom stereocenters. The van der Waals surface area contributed by atoms with Gasteiger partial charge in [0.2, 0.25) is 0 Å². The number of halogens is 3. The molecular weight excluding hydrogens is 253 g/mol. The van der Waals surface area contributed by atoms with Crippen LogP contribution in [0.15, 0.2) is 18.2 Å². The molecule has 1 aromatic carbocycles. The summed E-state index contributed by atoms with van der Waals surface area (Å²) >= 11 is 4.79. The predicted molar refractivity (Wildman–Crippen MR) is 59.7 cm³/mol. The van der Waals surface area contributed by atoms with Crippen LogP contribution in [-0.4, -0.2) is 9.97 Å². The lowest BCUT2D eigenvalue weighted by Crippen LogP contribution is -2.13. The van der Waals surface area contributed by atoms with Crippen LogP contribution in [0.5, 0.6) is 0 Å². The Hall–Kier alpha value is -1.67. The molecule has 8 heteroatoms. The molecule has 0 bridgehead atoms. The third-order valence-electron chi connectivity index (χ3n) is 2.20. The van der Waals surface area contributed by atoms with Crippen molar-refractivity contribution in [2.24, 2.45) is 5.84 Å². The molecule has 4 nitrogen and oxygen atoms in total. The number of nitrogens with two attached hydrogens (primary N) is 1. The van der Waals surface area contributed by atoms with E-state index in [1.54, 1.807) is 0 Å². The quantitative estimate of drug-likeness (QED) is 0.419. The first kappa shape index (κ1) is 11.8. The number of aromatic nitrogens is 2. The van der Waals surface area contributed by atoms with Gasteiger partial charge in [-0.25, -0.2) is 10.8 Å². The molecule has 0 unspecified atom stereocenters. The highest BCUT2D eigenvalue weighted by atomic mass is 32.1. The lowest BCUT2D eigenvalue weighted by molar-refractivity contribution is -0.136. The summed E-state index contributed by atoms with van der Waals surface area (Å²) in [5.74, 6) is 5.06. The molecule has 0 amide bonds. The number of hydrazine groups is 1. The van der Waals surface area contributed by atoms with E-state index in [4.69, 9.17) is 18.1 Å². The van der Waals surface area contributed by atoms with Crippen molar-refractivity contribution in [2.75, 3.05) is 5.43 Å². The predicted octanol–water partition coefficient (Wildman–Crippen LogP) is 2.60. The normalized spacial score (nSPS) is 11.8. The number of nitrogens with zero attached hydrogens (tertiary/aromatic N) is 1. The highest BCUT2D eigenvalue weighted by Gasteiger charge is 2.33. The molecule has 0 aliphatic heterocycles. The molecule has 0 saturated carbocycles. The number of nitrogens with one attached hydrogen (secondary N) is 2. The van der Waals surface area contributed by atoms with Crippen molar-refractivity contribution in [1.29, 1.82) is 0 Å². The van der Waals surface area contributed by atoms with Gasteiger partial charge in [0, 0.05) is 0 Å². The maximum atomic E-state index is 12.8. The topological polar surface area (TPSA) is 66.7 Å². The molecular formula is C9H7F3N4S. The Morgan fingerprint density at radius 3 is 2.65 bits per heavy atom. The summed E-state index contributed by atoms with van der Waals surface area (Å²) in [4.78, 5) is 6.30. The molecule has 90 valence electrons.